The minimum Gasteiger partial charge on any atom is -0.379 e. The van der Waals surface area contributed by atoms with Crippen LogP contribution in [0.15, 0.2) is 42.5 Å². The largest absolute Gasteiger partial charge is 0.379 e. The van der Waals surface area contributed by atoms with E-state index in [2.05, 4.69) is 61.4 Å². The lowest BCUT2D eigenvalue weighted by molar-refractivity contribution is 1.01. The zero-order chi connectivity index (χ0) is 14.5. The van der Waals surface area contributed by atoms with E-state index in [1.54, 1.807) is 0 Å². The molecule has 0 spiro atoms. The average Bonchev–Trinajstić information content (AvgIpc) is 2.45. The fourth-order valence-corrected chi connectivity index (χ4v) is 2.11. The molecular weight excluding hydrogens is 244 g/mol. The predicted molar refractivity (Wildman–Crippen MR) is 86.8 cm³/mol. The fourth-order valence-electron chi connectivity index (χ4n) is 2.11. The van der Waals surface area contributed by atoms with Gasteiger partial charge in [-0.25, -0.2) is 0 Å². The molecule has 0 radical (unpaired) electrons. The fraction of sp³-hybridized carbons (Fsp3) is 0.278. The second-order valence-corrected chi connectivity index (χ2v) is 5.13. The lowest BCUT2D eigenvalue weighted by Gasteiger charge is -2.12. The van der Waals surface area contributed by atoms with Crippen molar-refractivity contribution in [3.8, 4) is 0 Å². The highest BCUT2D eigenvalue weighted by molar-refractivity contribution is 5.68. The van der Waals surface area contributed by atoms with Crippen LogP contribution in [0.2, 0.25) is 0 Å². The molecule has 1 N–H and O–H groups in total. The Morgan fingerprint density at radius 1 is 1.20 bits per heavy atom. The molecule has 20 heavy (non-hydrogen) atoms. The summed E-state index contributed by atoms with van der Waals surface area (Å²) in [6.45, 7) is 9.10. The van der Waals surface area contributed by atoms with Crippen molar-refractivity contribution in [3.05, 3.63) is 65.0 Å². The first-order valence-electron chi connectivity index (χ1n) is 7.00. The van der Waals surface area contributed by atoms with Gasteiger partial charge in [0.2, 0.25) is 0 Å². The van der Waals surface area contributed by atoms with E-state index < -0.39 is 0 Å². The third kappa shape index (κ3) is 3.47. The van der Waals surface area contributed by atoms with Crippen molar-refractivity contribution < 1.29 is 0 Å². The lowest BCUT2D eigenvalue weighted by atomic mass is 10.0. The van der Waals surface area contributed by atoms with Gasteiger partial charge in [0.1, 0.15) is 0 Å². The number of anilines is 1. The standard InChI is InChI=1S/C18H22N2/c1-5-13(2)16-10-9-14(3)18(11-16)19-12-17-8-6-7-15(4)20-17/h5-11,19H,12H2,1-4H3/b13-5-. The molecule has 1 aromatic heterocycles. The van der Waals surface area contributed by atoms with Crippen LogP contribution in [0.4, 0.5) is 5.69 Å². The van der Waals surface area contributed by atoms with E-state index >= 15 is 0 Å². The van der Waals surface area contributed by atoms with Crippen LogP contribution in [-0.4, -0.2) is 4.98 Å². The molecule has 0 saturated heterocycles. The molecule has 1 heterocycles. The molecule has 2 nitrogen and oxygen atoms in total. The number of aromatic nitrogens is 1. The second kappa shape index (κ2) is 6.38. The first-order valence-corrected chi connectivity index (χ1v) is 7.00. The topological polar surface area (TPSA) is 24.9 Å². The number of allylic oxidation sites excluding steroid dienone is 2. The van der Waals surface area contributed by atoms with Gasteiger partial charge in [0.05, 0.1) is 12.2 Å². The van der Waals surface area contributed by atoms with Crippen LogP contribution in [0.1, 0.15) is 36.4 Å². The Balaban J connectivity index is 2.16. The van der Waals surface area contributed by atoms with E-state index in [-0.39, 0.29) is 0 Å². The van der Waals surface area contributed by atoms with Crippen LogP contribution in [0, 0.1) is 13.8 Å². The molecule has 0 atom stereocenters. The molecule has 0 aliphatic heterocycles. The molecular formula is C18H22N2. The molecule has 1 aromatic carbocycles. The van der Waals surface area contributed by atoms with Crippen LogP contribution in [0.25, 0.3) is 5.57 Å². The summed E-state index contributed by atoms with van der Waals surface area (Å²) in [5.74, 6) is 0. The first kappa shape index (κ1) is 14.3. The number of benzene rings is 1. The first-order chi connectivity index (χ1) is 9.60. The van der Waals surface area contributed by atoms with E-state index in [0.717, 1.165) is 17.9 Å². The van der Waals surface area contributed by atoms with Crippen molar-refractivity contribution in [1.29, 1.82) is 0 Å². The van der Waals surface area contributed by atoms with E-state index in [1.165, 1.54) is 22.4 Å². The minimum atomic E-state index is 0.751. The van der Waals surface area contributed by atoms with Crippen molar-refractivity contribution in [2.75, 3.05) is 5.32 Å². The van der Waals surface area contributed by atoms with Crippen molar-refractivity contribution in [2.45, 2.75) is 34.2 Å². The van der Waals surface area contributed by atoms with Gasteiger partial charge in [0, 0.05) is 11.4 Å². The molecule has 0 unspecified atom stereocenters. The van der Waals surface area contributed by atoms with Crippen molar-refractivity contribution in [3.63, 3.8) is 0 Å². The SMILES string of the molecule is C/C=C(/C)c1ccc(C)c(NCc2cccc(C)n2)c1. The van der Waals surface area contributed by atoms with E-state index in [1.807, 2.05) is 19.1 Å². The maximum atomic E-state index is 4.52. The van der Waals surface area contributed by atoms with Gasteiger partial charge in [0.15, 0.2) is 0 Å². The highest BCUT2D eigenvalue weighted by Crippen LogP contribution is 2.22. The third-order valence-corrected chi connectivity index (χ3v) is 3.53. The summed E-state index contributed by atoms with van der Waals surface area (Å²) in [7, 11) is 0. The van der Waals surface area contributed by atoms with Crippen LogP contribution in [-0.2, 0) is 6.54 Å². The molecule has 0 saturated carbocycles. The molecule has 0 aliphatic rings. The van der Waals surface area contributed by atoms with Gasteiger partial charge >= 0.3 is 0 Å². The zero-order valence-corrected chi connectivity index (χ0v) is 12.7. The quantitative estimate of drug-likeness (QED) is 0.865. The van der Waals surface area contributed by atoms with Gasteiger partial charge in [-0.1, -0.05) is 24.3 Å². The Bertz CT molecular complexity index is 627. The third-order valence-electron chi connectivity index (χ3n) is 3.53. The molecule has 104 valence electrons. The molecule has 2 aromatic rings. The van der Waals surface area contributed by atoms with Gasteiger partial charge in [-0.05, 0) is 62.6 Å². The number of aryl methyl sites for hydroxylation is 2. The minimum absolute atomic E-state index is 0.751. The van der Waals surface area contributed by atoms with Crippen LogP contribution in [0.3, 0.4) is 0 Å². The number of rotatable bonds is 4. The molecule has 0 bridgehead atoms. The Morgan fingerprint density at radius 3 is 2.70 bits per heavy atom. The number of pyridine rings is 1. The summed E-state index contributed by atoms with van der Waals surface area (Å²) in [6.07, 6.45) is 2.14. The maximum Gasteiger partial charge on any atom is 0.0597 e. The van der Waals surface area contributed by atoms with Gasteiger partial charge in [-0.2, -0.15) is 0 Å². The van der Waals surface area contributed by atoms with Gasteiger partial charge in [0.25, 0.3) is 0 Å². The summed E-state index contributed by atoms with van der Waals surface area (Å²) in [5.41, 5.74) is 7.11. The number of nitrogens with zero attached hydrogens (tertiary/aromatic N) is 1. The van der Waals surface area contributed by atoms with Crippen molar-refractivity contribution >= 4 is 11.3 Å². The van der Waals surface area contributed by atoms with Gasteiger partial charge in [-0.3, -0.25) is 4.98 Å². The molecule has 2 heteroatoms. The Hall–Kier alpha value is -2.09. The summed E-state index contributed by atoms with van der Waals surface area (Å²) < 4.78 is 0. The average molecular weight is 266 g/mol. The Morgan fingerprint density at radius 2 is 2.00 bits per heavy atom. The van der Waals surface area contributed by atoms with Crippen molar-refractivity contribution in [2.24, 2.45) is 0 Å². The second-order valence-electron chi connectivity index (χ2n) is 5.13. The van der Waals surface area contributed by atoms with Gasteiger partial charge in [-0.15, -0.1) is 0 Å². The number of hydrogen-bond acceptors (Lipinski definition) is 2. The smallest absolute Gasteiger partial charge is 0.0597 e. The molecule has 0 amide bonds. The van der Waals surface area contributed by atoms with Crippen LogP contribution >= 0.6 is 0 Å². The predicted octanol–water partition coefficient (Wildman–Crippen LogP) is 4.73. The highest BCUT2D eigenvalue weighted by atomic mass is 14.9. The monoisotopic (exact) mass is 266 g/mol. The highest BCUT2D eigenvalue weighted by Gasteiger charge is 2.02. The van der Waals surface area contributed by atoms with Crippen LogP contribution in [0.5, 0.6) is 0 Å². The van der Waals surface area contributed by atoms with Crippen molar-refractivity contribution in [1.82, 2.24) is 4.98 Å². The van der Waals surface area contributed by atoms with Crippen LogP contribution < -0.4 is 5.32 Å². The zero-order valence-electron chi connectivity index (χ0n) is 12.7. The number of nitrogens with one attached hydrogen (secondary N) is 1. The molecule has 0 aliphatic carbocycles. The van der Waals surface area contributed by atoms with Gasteiger partial charge < -0.3 is 5.32 Å². The molecule has 0 fully saturated rings. The lowest BCUT2D eigenvalue weighted by Crippen LogP contribution is -2.04. The summed E-state index contributed by atoms with van der Waals surface area (Å²) in [5, 5.41) is 3.49. The summed E-state index contributed by atoms with van der Waals surface area (Å²) in [4.78, 5) is 4.52. The normalized spacial score (nSPS) is 11.5. The number of hydrogen-bond donors (Lipinski definition) is 1. The Kier molecular flexibility index (Phi) is 4.57. The Labute approximate surface area is 121 Å². The van der Waals surface area contributed by atoms with E-state index in [0.29, 0.717) is 0 Å². The molecule has 2 rings (SSSR count). The van der Waals surface area contributed by atoms with E-state index in [9.17, 15) is 0 Å². The van der Waals surface area contributed by atoms with E-state index in [4.69, 9.17) is 0 Å². The summed E-state index contributed by atoms with van der Waals surface area (Å²) >= 11 is 0. The maximum absolute atomic E-state index is 4.52. The summed E-state index contributed by atoms with van der Waals surface area (Å²) in [6, 6.07) is 12.7.